The zero-order valence-electron chi connectivity index (χ0n) is 12.9. The Bertz CT molecular complexity index is 344. The maximum atomic E-state index is 12.2. The second-order valence-corrected chi connectivity index (χ2v) is 6.17. The van der Waals surface area contributed by atoms with Gasteiger partial charge in [-0.15, -0.1) is 0 Å². The van der Waals surface area contributed by atoms with Crippen molar-refractivity contribution in [1.29, 1.82) is 0 Å². The maximum absolute atomic E-state index is 12.2. The molecule has 1 rings (SSSR count). The van der Waals surface area contributed by atoms with Gasteiger partial charge in [0.2, 0.25) is 0 Å². The lowest BCUT2D eigenvalue weighted by Gasteiger charge is -2.38. The van der Waals surface area contributed by atoms with Crippen molar-refractivity contribution in [3.8, 4) is 0 Å². The molecule has 1 aliphatic heterocycles. The number of hydrogen-bond acceptors (Lipinski definition) is 3. The van der Waals surface area contributed by atoms with Crippen LogP contribution in [0.2, 0.25) is 0 Å². The molecule has 6 heteroatoms. The molecule has 0 bridgehead atoms. The van der Waals surface area contributed by atoms with Gasteiger partial charge < -0.3 is 19.6 Å². The summed E-state index contributed by atoms with van der Waals surface area (Å²) in [5.41, 5.74) is -0.509. The molecule has 0 atom stereocenters. The van der Waals surface area contributed by atoms with Gasteiger partial charge in [-0.25, -0.2) is 9.59 Å². The molecule has 0 saturated carbocycles. The summed E-state index contributed by atoms with van der Waals surface area (Å²) in [6, 6.07) is 0.0698. The summed E-state index contributed by atoms with van der Waals surface area (Å²) in [7, 11) is 0. The fraction of sp³-hybridized carbons (Fsp3) is 0.857. The monoisotopic (exact) mass is 286 g/mol. The number of ether oxygens (including phenoxy) is 1. The van der Waals surface area contributed by atoms with Gasteiger partial charge in [-0.2, -0.15) is 0 Å². The van der Waals surface area contributed by atoms with Gasteiger partial charge in [0.05, 0.1) is 0 Å². The largest absolute Gasteiger partial charge is 0.465 e. The van der Waals surface area contributed by atoms with Crippen molar-refractivity contribution in [2.45, 2.75) is 58.6 Å². The molecule has 1 saturated heterocycles. The Kier molecular flexibility index (Phi) is 5.65. The Morgan fingerprint density at radius 1 is 1.30 bits per heavy atom. The summed E-state index contributed by atoms with van der Waals surface area (Å²) in [6.07, 6.45) is 1.02. The average Bonchev–Trinajstić information content (AvgIpc) is 2.34. The minimum atomic E-state index is -0.886. The van der Waals surface area contributed by atoms with Gasteiger partial charge >= 0.3 is 12.2 Å². The second-order valence-electron chi connectivity index (χ2n) is 6.17. The molecule has 20 heavy (non-hydrogen) atoms. The number of rotatable bonds is 3. The molecule has 0 aromatic rings. The Morgan fingerprint density at radius 3 is 2.25 bits per heavy atom. The fourth-order valence-corrected chi connectivity index (χ4v) is 2.35. The van der Waals surface area contributed by atoms with Crippen LogP contribution in [0.25, 0.3) is 0 Å². The third kappa shape index (κ3) is 4.90. The standard InChI is InChI=1S/C14H26N2O4/c1-5-8-16(13(19)20-14(2,3)4)11-6-9-15(10-7-11)12(17)18/h11H,5-10H2,1-4H3,(H,17,18). The van der Waals surface area contributed by atoms with Crippen LogP contribution in [0.1, 0.15) is 47.0 Å². The molecule has 116 valence electrons. The van der Waals surface area contributed by atoms with Gasteiger partial charge in [-0.1, -0.05) is 6.92 Å². The normalized spacial score (nSPS) is 16.9. The highest BCUT2D eigenvalue weighted by Gasteiger charge is 2.31. The van der Waals surface area contributed by atoms with Crippen LogP contribution < -0.4 is 0 Å². The quantitative estimate of drug-likeness (QED) is 0.866. The third-order valence-corrected chi connectivity index (χ3v) is 3.27. The summed E-state index contributed by atoms with van der Waals surface area (Å²) in [6.45, 7) is 9.16. The lowest BCUT2D eigenvalue weighted by Crippen LogP contribution is -2.50. The summed E-state index contributed by atoms with van der Waals surface area (Å²) in [5.74, 6) is 0. The van der Waals surface area contributed by atoms with Crippen molar-refractivity contribution < 1.29 is 19.4 Å². The molecule has 0 aromatic carbocycles. The highest BCUT2D eigenvalue weighted by atomic mass is 16.6. The highest BCUT2D eigenvalue weighted by Crippen LogP contribution is 2.20. The first-order chi connectivity index (χ1) is 9.24. The predicted molar refractivity (Wildman–Crippen MR) is 75.9 cm³/mol. The molecule has 0 unspecified atom stereocenters. The molecule has 0 radical (unpaired) electrons. The molecule has 1 N–H and O–H groups in total. The Hall–Kier alpha value is -1.46. The van der Waals surface area contributed by atoms with Crippen LogP contribution in [0.5, 0.6) is 0 Å². The molecule has 1 fully saturated rings. The van der Waals surface area contributed by atoms with Crippen LogP contribution in [0.3, 0.4) is 0 Å². The van der Waals surface area contributed by atoms with Crippen molar-refractivity contribution in [2.75, 3.05) is 19.6 Å². The van der Waals surface area contributed by atoms with E-state index in [0.717, 1.165) is 6.42 Å². The lowest BCUT2D eigenvalue weighted by atomic mass is 10.0. The van der Waals surface area contributed by atoms with E-state index in [1.807, 2.05) is 27.7 Å². The van der Waals surface area contributed by atoms with Crippen LogP contribution >= 0.6 is 0 Å². The molecule has 1 heterocycles. The van der Waals surface area contributed by atoms with E-state index in [-0.39, 0.29) is 12.1 Å². The van der Waals surface area contributed by atoms with Gasteiger partial charge in [0, 0.05) is 25.7 Å². The van der Waals surface area contributed by atoms with Crippen molar-refractivity contribution in [3.05, 3.63) is 0 Å². The topological polar surface area (TPSA) is 70.1 Å². The van der Waals surface area contributed by atoms with E-state index in [1.165, 1.54) is 4.90 Å². The maximum Gasteiger partial charge on any atom is 0.410 e. The highest BCUT2D eigenvalue weighted by molar-refractivity contribution is 5.69. The van der Waals surface area contributed by atoms with Crippen molar-refractivity contribution in [3.63, 3.8) is 0 Å². The fourth-order valence-electron chi connectivity index (χ4n) is 2.35. The summed E-state index contributed by atoms with van der Waals surface area (Å²) >= 11 is 0. The van der Waals surface area contributed by atoms with E-state index in [4.69, 9.17) is 9.84 Å². The molecule has 0 aromatic heterocycles. The van der Waals surface area contributed by atoms with Gasteiger partial charge in [-0.05, 0) is 40.0 Å². The minimum Gasteiger partial charge on any atom is -0.465 e. The lowest BCUT2D eigenvalue weighted by molar-refractivity contribution is 0.00900. The van der Waals surface area contributed by atoms with Crippen LogP contribution in [0.4, 0.5) is 9.59 Å². The Labute approximate surface area is 120 Å². The SMILES string of the molecule is CCCN(C(=O)OC(C)(C)C)C1CCN(C(=O)O)CC1. The number of carboxylic acid groups (broad SMARTS) is 1. The van der Waals surface area contributed by atoms with Crippen LogP contribution in [-0.4, -0.2) is 58.4 Å². The first-order valence-electron chi connectivity index (χ1n) is 7.22. The zero-order valence-corrected chi connectivity index (χ0v) is 12.9. The van der Waals surface area contributed by atoms with Crippen LogP contribution in [0.15, 0.2) is 0 Å². The molecule has 0 spiro atoms. The van der Waals surface area contributed by atoms with Crippen molar-refractivity contribution in [2.24, 2.45) is 0 Å². The van der Waals surface area contributed by atoms with E-state index in [2.05, 4.69) is 0 Å². The number of piperidine rings is 1. The Morgan fingerprint density at radius 2 is 1.85 bits per heavy atom. The van der Waals surface area contributed by atoms with E-state index in [0.29, 0.717) is 32.5 Å². The van der Waals surface area contributed by atoms with Crippen LogP contribution in [0, 0.1) is 0 Å². The number of amides is 2. The molecule has 2 amide bonds. The van der Waals surface area contributed by atoms with E-state index in [1.54, 1.807) is 4.90 Å². The summed E-state index contributed by atoms with van der Waals surface area (Å²) < 4.78 is 5.44. The van der Waals surface area contributed by atoms with Gasteiger partial charge in [0.15, 0.2) is 0 Å². The van der Waals surface area contributed by atoms with E-state index >= 15 is 0 Å². The first-order valence-corrected chi connectivity index (χ1v) is 7.22. The molecular formula is C14H26N2O4. The van der Waals surface area contributed by atoms with E-state index in [9.17, 15) is 9.59 Å². The molecular weight excluding hydrogens is 260 g/mol. The van der Waals surface area contributed by atoms with Gasteiger partial charge in [0.25, 0.3) is 0 Å². The smallest absolute Gasteiger partial charge is 0.410 e. The Balaban J connectivity index is 2.63. The minimum absolute atomic E-state index is 0.0698. The number of carbonyl (C=O) groups excluding carboxylic acids is 1. The van der Waals surface area contributed by atoms with Crippen molar-refractivity contribution in [1.82, 2.24) is 9.80 Å². The zero-order chi connectivity index (χ0) is 15.3. The molecule has 1 aliphatic rings. The summed E-state index contributed by atoms with van der Waals surface area (Å²) in [5, 5.41) is 8.95. The summed E-state index contributed by atoms with van der Waals surface area (Å²) in [4.78, 5) is 26.3. The predicted octanol–water partition coefficient (Wildman–Crippen LogP) is 2.78. The molecule has 0 aliphatic carbocycles. The first kappa shape index (κ1) is 16.6. The molecule has 6 nitrogen and oxygen atoms in total. The third-order valence-electron chi connectivity index (χ3n) is 3.27. The van der Waals surface area contributed by atoms with E-state index < -0.39 is 11.7 Å². The van der Waals surface area contributed by atoms with Gasteiger partial charge in [-0.3, -0.25) is 0 Å². The van der Waals surface area contributed by atoms with Gasteiger partial charge in [0.1, 0.15) is 5.60 Å². The number of nitrogens with zero attached hydrogens (tertiary/aromatic N) is 2. The number of likely N-dealkylation sites (tertiary alicyclic amines) is 1. The number of hydrogen-bond donors (Lipinski definition) is 1. The average molecular weight is 286 g/mol. The van der Waals surface area contributed by atoms with Crippen LogP contribution in [-0.2, 0) is 4.74 Å². The number of carbonyl (C=O) groups is 2. The second kappa shape index (κ2) is 6.81. The van der Waals surface area contributed by atoms with Crippen molar-refractivity contribution >= 4 is 12.2 Å².